The summed E-state index contributed by atoms with van der Waals surface area (Å²) in [4.78, 5) is 20.6. The molecule has 6 rings (SSSR count). The number of carbonyl (C=O) groups is 1. The molecule has 0 spiro atoms. The van der Waals surface area contributed by atoms with Crippen LogP contribution in [0.2, 0.25) is 0 Å². The molecule has 2 amide bonds. The molecule has 1 aliphatic rings. The number of aliphatic hydroxyl groups is 1. The third-order valence-corrected chi connectivity index (χ3v) is 8.57. The predicted molar refractivity (Wildman–Crippen MR) is 176 cm³/mol. The van der Waals surface area contributed by atoms with Crippen LogP contribution in [0.5, 0.6) is 5.75 Å². The van der Waals surface area contributed by atoms with Crippen molar-refractivity contribution in [1.29, 1.82) is 0 Å². The van der Waals surface area contributed by atoms with E-state index < -0.39 is 6.03 Å². The van der Waals surface area contributed by atoms with Gasteiger partial charge in [-0.15, -0.1) is 0 Å². The number of imidazole rings is 1. The second-order valence-corrected chi connectivity index (χ2v) is 13.0. The van der Waals surface area contributed by atoms with Crippen molar-refractivity contribution < 1.29 is 26.8 Å². The van der Waals surface area contributed by atoms with Crippen molar-refractivity contribution in [3.05, 3.63) is 60.5 Å². The molecule has 0 saturated carbocycles. The van der Waals surface area contributed by atoms with E-state index in [0.717, 1.165) is 64.7 Å². The molecule has 0 unspecified atom stereocenters. The van der Waals surface area contributed by atoms with Crippen molar-refractivity contribution in [3.63, 3.8) is 0 Å². The zero-order chi connectivity index (χ0) is 30.7. The monoisotopic (exact) mass is 622 g/mol. The van der Waals surface area contributed by atoms with Crippen LogP contribution in [-0.4, -0.2) is 76.1 Å². The second-order valence-electron chi connectivity index (χ2n) is 12.0. The summed E-state index contributed by atoms with van der Waals surface area (Å²) in [5.41, 5.74) is 3.36. The number of carbonyl (C=O) groups excluding carboxylic acids is 1. The maximum atomic E-state index is 12.5. The number of fused-ring (bicyclic) bond motifs is 3. The Hall–Kier alpha value is -3.97. The van der Waals surface area contributed by atoms with Crippen LogP contribution >= 0.6 is 11.3 Å². The summed E-state index contributed by atoms with van der Waals surface area (Å²) >= 11 is 1.63. The lowest BCUT2D eigenvalue weighted by Gasteiger charge is -2.16. The van der Waals surface area contributed by atoms with E-state index in [1.54, 1.807) is 17.4 Å². The molecule has 236 valence electrons. The topological polar surface area (TPSA) is 126 Å². The Labute approximate surface area is 262 Å². The summed E-state index contributed by atoms with van der Waals surface area (Å²) in [5, 5.41) is 18.4. The lowest BCUT2D eigenvalue weighted by atomic mass is 9.93. The number of nitrogens with one attached hydrogen (secondary N) is 2. The fourth-order valence-electron chi connectivity index (χ4n) is 5.23. The van der Waals surface area contributed by atoms with Crippen molar-refractivity contribution in [2.24, 2.45) is 0 Å². The number of anilines is 2. The highest BCUT2D eigenvalue weighted by atomic mass is 32.1. The van der Waals surface area contributed by atoms with E-state index in [1.807, 2.05) is 57.3 Å². The Morgan fingerprint density at radius 1 is 1.16 bits per heavy atom. The third kappa shape index (κ3) is 7.05. The fraction of sp³-hybridized carbons (Fsp3) is 0.406. The summed E-state index contributed by atoms with van der Waals surface area (Å²) in [6.07, 6.45) is 4.23. The van der Waals surface area contributed by atoms with Crippen LogP contribution in [0.1, 0.15) is 42.2 Å². The van der Waals surface area contributed by atoms with E-state index in [9.17, 15) is 4.79 Å². The van der Waals surface area contributed by atoms with Crippen LogP contribution in [0, 0.1) is 0 Å². The van der Waals surface area contributed by atoms with Crippen molar-refractivity contribution in [1.82, 2.24) is 19.4 Å². The average molecular weight is 623 g/mol. The SMILES string of the molecule is CC(C)(C)c1cc(NC(=O)Nc2ccc(-c3cn4c(n3)sc3cc(OCCCN5CC[C@@H](OCCO)C5)ccc34)cc2)no1.[HH].[HH]. The molecule has 44 heavy (non-hydrogen) atoms. The van der Waals surface area contributed by atoms with E-state index in [0.29, 0.717) is 30.5 Å². The van der Waals surface area contributed by atoms with Crippen LogP contribution in [0.4, 0.5) is 16.3 Å². The van der Waals surface area contributed by atoms with Gasteiger partial charge in [-0.25, -0.2) is 9.78 Å². The van der Waals surface area contributed by atoms with Gasteiger partial charge in [-0.05, 0) is 43.2 Å². The molecule has 1 fully saturated rings. The maximum Gasteiger partial charge on any atom is 0.324 e. The number of hydrogen-bond acceptors (Lipinski definition) is 9. The van der Waals surface area contributed by atoms with Gasteiger partial charge in [-0.1, -0.05) is 49.4 Å². The highest BCUT2D eigenvalue weighted by molar-refractivity contribution is 7.23. The van der Waals surface area contributed by atoms with Gasteiger partial charge in [0.1, 0.15) is 11.5 Å². The molecule has 1 aliphatic heterocycles. The maximum absolute atomic E-state index is 12.5. The first-order valence-electron chi connectivity index (χ1n) is 14.9. The second kappa shape index (κ2) is 12.9. The van der Waals surface area contributed by atoms with Crippen LogP contribution < -0.4 is 15.4 Å². The van der Waals surface area contributed by atoms with Gasteiger partial charge >= 0.3 is 6.03 Å². The Morgan fingerprint density at radius 2 is 2.00 bits per heavy atom. The van der Waals surface area contributed by atoms with E-state index in [-0.39, 0.29) is 21.0 Å². The molecule has 0 radical (unpaired) electrons. The number of nitrogens with zero attached hydrogens (tertiary/aromatic N) is 4. The van der Waals surface area contributed by atoms with Crippen molar-refractivity contribution in [2.45, 2.75) is 45.1 Å². The lowest BCUT2D eigenvalue weighted by molar-refractivity contribution is 0.0339. The molecule has 0 bridgehead atoms. The van der Waals surface area contributed by atoms with Gasteiger partial charge in [0.25, 0.3) is 0 Å². The summed E-state index contributed by atoms with van der Waals surface area (Å²) in [6.45, 7) is 10.1. The minimum Gasteiger partial charge on any atom is -0.493 e. The first-order valence-corrected chi connectivity index (χ1v) is 15.7. The lowest BCUT2D eigenvalue weighted by Crippen LogP contribution is -2.26. The van der Waals surface area contributed by atoms with E-state index in [4.69, 9.17) is 24.1 Å². The van der Waals surface area contributed by atoms with E-state index in [2.05, 4.69) is 37.2 Å². The van der Waals surface area contributed by atoms with Crippen LogP contribution in [0.15, 0.2) is 59.3 Å². The molecule has 5 aromatic rings. The zero-order valence-corrected chi connectivity index (χ0v) is 26.0. The van der Waals surface area contributed by atoms with Gasteiger partial charge < -0.3 is 29.3 Å². The molecule has 1 atom stereocenters. The zero-order valence-electron chi connectivity index (χ0n) is 25.2. The molecular formula is C32H42N6O5S. The molecule has 0 aliphatic carbocycles. The summed E-state index contributed by atoms with van der Waals surface area (Å²) < 4.78 is 20.2. The molecule has 3 aromatic heterocycles. The van der Waals surface area contributed by atoms with Crippen LogP contribution in [-0.2, 0) is 10.2 Å². The number of benzene rings is 2. The third-order valence-electron chi connectivity index (χ3n) is 7.56. The van der Waals surface area contributed by atoms with Gasteiger partial charge in [0.05, 0.1) is 41.8 Å². The average Bonchev–Trinajstić information content (AvgIpc) is 3.79. The minimum absolute atomic E-state index is 0. The van der Waals surface area contributed by atoms with Crippen molar-refractivity contribution >= 4 is 44.1 Å². The van der Waals surface area contributed by atoms with E-state index in [1.165, 1.54) is 0 Å². The van der Waals surface area contributed by atoms with Gasteiger partial charge in [0.2, 0.25) is 0 Å². The molecule has 11 nitrogen and oxygen atoms in total. The smallest absolute Gasteiger partial charge is 0.324 e. The van der Waals surface area contributed by atoms with Gasteiger partial charge in [0.15, 0.2) is 10.8 Å². The number of thiazole rings is 1. The number of aromatic nitrogens is 3. The number of aliphatic hydroxyl groups excluding tert-OH is 1. The van der Waals surface area contributed by atoms with Crippen molar-refractivity contribution in [3.8, 4) is 17.0 Å². The Kier molecular flexibility index (Phi) is 8.85. The van der Waals surface area contributed by atoms with E-state index >= 15 is 0 Å². The molecule has 12 heteroatoms. The number of rotatable bonds is 11. The fourth-order valence-corrected chi connectivity index (χ4v) is 6.27. The first kappa shape index (κ1) is 30.1. The summed E-state index contributed by atoms with van der Waals surface area (Å²) in [6, 6.07) is 15.1. The molecule has 4 heterocycles. The Bertz CT molecular complexity index is 1730. The Balaban J connectivity index is 0.00000240. The molecule has 1 saturated heterocycles. The van der Waals surface area contributed by atoms with Gasteiger partial charge in [0, 0.05) is 51.4 Å². The van der Waals surface area contributed by atoms with Gasteiger partial charge in [-0.3, -0.25) is 9.72 Å². The predicted octanol–water partition coefficient (Wildman–Crippen LogP) is 6.49. The Morgan fingerprint density at radius 3 is 2.77 bits per heavy atom. The van der Waals surface area contributed by atoms with Crippen molar-refractivity contribution in [2.75, 3.05) is 50.1 Å². The standard InChI is InChI=1S/C32H38N6O5S.2H2/c1-32(2,3)28-18-29(36-43-28)35-30(40)33-22-7-5-21(6-8-22)25-20-38-26-10-9-23(17-27(26)44-31(38)34-25)41-15-4-12-37-13-11-24(19-37)42-16-14-39;;/h5-10,17-18,20,24,39H,4,11-16,19H2,1-3H3,(H2,33,35,36,40);2*1H/t24-;;/m1../s1. The minimum atomic E-state index is -0.394. The van der Waals surface area contributed by atoms with Gasteiger partial charge in [-0.2, -0.15) is 0 Å². The molecule has 3 N–H and O–H groups in total. The highest BCUT2D eigenvalue weighted by Gasteiger charge is 2.22. The number of amides is 2. The molecular weight excluding hydrogens is 580 g/mol. The number of likely N-dealkylation sites (tertiary alicyclic amines) is 1. The summed E-state index contributed by atoms with van der Waals surface area (Å²) in [7, 11) is 0. The van der Waals surface area contributed by atoms with Crippen LogP contribution in [0.3, 0.4) is 0 Å². The summed E-state index contributed by atoms with van der Waals surface area (Å²) in [5.74, 6) is 1.92. The normalized spacial score (nSPS) is 15.8. The largest absolute Gasteiger partial charge is 0.493 e. The van der Waals surface area contributed by atoms with Crippen LogP contribution in [0.25, 0.3) is 26.4 Å². The number of urea groups is 1. The number of hydrogen-bond donors (Lipinski definition) is 3. The number of ether oxygens (including phenoxy) is 2. The first-order chi connectivity index (χ1) is 21.2. The quantitative estimate of drug-likeness (QED) is 0.143. The molecule has 2 aromatic carbocycles. The highest BCUT2D eigenvalue weighted by Crippen LogP contribution is 2.32.